The van der Waals surface area contributed by atoms with Crippen molar-refractivity contribution in [2.24, 2.45) is 0 Å². The van der Waals surface area contributed by atoms with E-state index >= 15 is 0 Å². The number of carbonyl (C=O) groups excluding carboxylic acids is 2. The van der Waals surface area contributed by atoms with Crippen molar-refractivity contribution in [3.05, 3.63) is 95.3 Å². The van der Waals surface area contributed by atoms with Gasteiger partial charge >= 0.3 is 6.09 Å². The van der Waals surface area contributed by atoms with Gasteiger partial charge in [0.1, 0.15) is 12.4 Å². The van der Waals surface area contributed by atoms with Crippen LogP contribution in [0.5, 0.6) is 5.06 Å². The summed E-state index contributed by atoms with van der Waals surface area (Å²) < 4.78 is 20.0. The second kappa shape index (κ2) is 9.80. The van der Waals surface area contributed by atoms with Crippen LogP contribution >= 0.6 is 22.9 Å². The van der Waals surface area contributed by atoms with Crippen molar-refractivity contribution in [1.29, 1.82) is 0 Å². The summed E-state index contributed by atoms with van der Waals surface area (Å²) in [6.45, 7) is -0.231. The van der Waals surface area contributed by atoms with Crippen LogP contribution in [0, 0.1) is 5.82 Å². The van der Waals surface area contributed by atoms with E-state index in [-0.39, 0.29) is 13.1 Å². The third-order valence-corrected chi connectivity index (χ3v) is 5.97. The molecule has 0 aliphatic rings. The highest BCUT2D eigenvalue weighted by molar-refractivity contribution is 7.20. The van der Waals surface area contributed by atoms with E-state index in [4.69, 9.17) is 16.3 Å². The summed E-state index contributed by atoms with van der Waals surface area (Å²) in [5, 5.41) is 4.45. The zero-order chi connectivity index (χ0) is 22.5. The van der Waals surface area contributed by atoms with Gasteiger partial charge in [-0.3, -0.25) is 9.69 Å². The third-order valence-electron chi connectivity index (χ3n) is 4.61. The molecule has 1 N–H and O–H groups in total. The molecule has 0 saturated heterocycles. The molecule has 0 bridgehead atoms. The van der Waals surface area contributed by atoms with Crippen LogP contribution in [0.25, 0.3) is 10.1 Å². The highest BCUT2D eigenvalue weighted by Gasteiger charge is 2.22. The van der Waals surface area contributed by atoms with Crippen molar-refractivity contribution in [1.82, 2.24) is 4.90 Å². The molecule has 32 heavy (non-hydrogen) atoms. The quantitative estimate of drug-likeness (QED) is 0.359. The molecule has 0 aliphatic heterocycles. The molecule has 1 aromatic heterocycles. The third kappa shape index (κ3) is 5.43. The number of ether oxygens (including phenoxy) is 1. The summed E-state index contributed by atoms with van der Waals surface area (Å²) in [4.78, 5) is 26.8. The second-order valence-corrected chi connectivity index (χ2v) is 8.43. The second-order valence-electron chi connectivity index (χ2n) is 6.98. The van der Waals surface area contributed by atoms with Gasteiger partial charge in [-0.25, -0.2) is 9.18 Å². The summed E-state index contributed by atoms with van der Waals surface area (Å²) in [7, 11) is 0. The first-order valence-corrected chi connectivity index (χ1v) is 10.9. The summed E-state index contributed by atoms with van der Waals surface area (Å²) in [6, 6.07) is 22.0. The number of carbonyl (C=O) groups is 2. The highest BCUT2D eigenvalue weighted by atomic mass is 35.5. The van der Waals surface area contributed by atoms with Crippen molar-refractivity contribution in [2.45, 2.75) is 6.54 Å². The number of hydrogen-bond donors (Lipinski definition) is 1. The fraction of sp³-hybridized carbons (Fsp3) is 0.0833. The van der Waals surface area contributed by atoms with E-state index in [2.05, 4.69) is 5.32 Å². The molecular weight excluding hydrogens is 451 g/mol. The minimum Gasteiger partial charge on any atom is -0.399 e. The lowest BCUT2D eigenvalue weighted by Crippen LogP contribution is -2.39. The van der Waals surface area contributed by atoms with Gasteiger partial charge in [0.25, 0.3) is 0 Å². The molecule has 0 unspecified atom stereocenters. The van der Waals surface area contributed by atoms with E-state index in [1.807, 2.05) is 24.3 Å². The van der Waals surface area contributed by atoms with E-state index in [1.165, 1.54) is 34.4 Å². The Labute approximate surface area is 193 Å². The van der Waals surface area contributed by atoms with E-state index < -0.39 is 17.8 Å². The molecule has 4 rings (SSSR count). The van der Waals surface area contributed by atoms with Crippen LogP contribution < -0.4 is 10.1 Å². The molecule has 0 fully saturated rings. The molecule has 2 amide bonds. The number of amides is 2. The van der Waals surface area contributed by atoms with Crippen LogP contribution in [0.15, 0.2) is 78.9 Å². The molecule has 4 aromatic rings. The Bertz CT molecular complexity index is 1240. The molecule has 5 nitrogen and oxygen atoms in total. The monoisotopic (exact) mass is 468 g/mol. The zero-order valence-electron chi connectivity index (χ0n) is 16.8. The molecule has 0 atom stereocenters. The number of nitrogens with one attached hydrogen (secondary N) is 1. The van der Waals surface area contributed by atoms with Crippen molar-refractivity contribution >= 4 is 50.7 Å². The lowest BCUT2D eigenvalue weighted by atomic mass is 10.2. The highest BCUT2D eigenvalue weighted by Crippen LogP contribution is 2.32. The van der Waals surface area contributed by atoms with Crippen LogP contribution in [-0.4, -0.2) is 23.4 Å². The van der Waals surface area contributed by atoms with E-state index in [9.17, 15) is 14.0 Å². The molecule has 162 valence electrons. The fourth-order valence-corrected chi connectivity index (χ4v) is 4.22. The maximum atomic E-state index is 13.4. The number of fused-ring (bicyclic) bond motifs is 1. The van der Waals surface area contributed by atoms with Gasteiger partial charge in [0, 0.05) is 21.5 Å². The number of nitrogens with zero attached hydrogens (tertiary/aromatic N) is 1. The van der Waals surface area contributed by atoms with Gasteiger partial charge in [-0.2, -0.15) is 0 Å². The first kappa shape index (κ1) is 21.8. The maximum Gasteiger partial charge on any atom is 0.416 e. The van der Waals surface area contributed by atoms with Crippen LogP contribution in [0.3, 0.4) is 0 Å². The van der Waals surface area contributed by atoms with Gasteiger partial charge in [-0.05, 0) is 41.3 Å². The first-order valence-electron chi connectivity index (χ1n) is 9.72. The Hall–Kier alpha value is -3.42. The smallest absolute Gasteiger partial charge is 0.399 e. The Morgan fingerprint density at radius 3 is 2.56 bits per heavy atom. The van der Waals surface area contributed by atoms with Crippen LogP contribution in [0.4, 0.5) is 14.9 Å². The van der Waals surface area contributed by atoms with Crippen LogP contribution in [-0.2, 0) is 11.3 Å². The van der Waals surface area contributed by atoms with E-state index in [0.29, 0.717) is 21.3 Å². The van der Waals surface area contributed by atoms with Crippen LogP contribution in [0.2, 0.25) is 5.02 Å². The van der Waals surface area contributed by atoms with Crippen molar-refractivity contribution in [3.8, 4) is 5.06 Å². The maximum absolute atomic E-state index is 13.4. The van der Waals surface area contributed by atoms with Crippen molar-refractivity contribution in [2.75, 3.05) is 11.9 Å². The molecule has 3 aromatic carbocycles. The molecule has 0 aliphatic carbocycles. The standard InChI is InChI=1S/C24H18ClFN2O3S/c25-20-10-3-1-7-17(20)14-28(15-22(29)27-19-9-5-8-18(26)13-19)24(30)31-23-12-16-6-2-4-11-21(16)32-23/h1-13H,14-15H2,(H,27,29). The number of benzene rings is 3. The Morgan fingerprint density at radius 1 is 1.00 bits per heavy atom. The van der Waals surface area contributed by atoms with E-state index in [0.717, 1.165) is 10.1 Å². The van der Waals surface area contributed by atoms with Crippen molar-refractivity contribution < 1.29 is 18.7 Å². The fourth-order valence-electron chi connectivity index (χ4n) is 3.12. The first-order chi connectivity index (χ1) is 15.5. The predicted molar refractivity (Wildman–Crippen MR) is 125 cm³/mol. The summed E-state index contributed by atoms with van der Waals surface area (Å²) in [6.07, 6.45) is -0.689. The topological polar surface area (TPSA) is 58.6 Å². The Kier molecular flexibility index (Phi) is 6.68. The lowest BCUT2D eigenvalue weighted by Gasteiger charge is -2.22. The number of rotatable bonds is 6. The normalized spacial score (nSPS) is 10.7. The Balaban J connectivity index is 1.52. The minimum atomic E-state index is -0.689. The van der Waals surface area contributed by atoms with Gasteiger partial charge in [-0.15, -0.1) is 0 Å². The minimum absolute atomic E-state index is 0.0694. The average molecular weight is 469 g/mol. The molecule has 0 spiro atoms. The molecule has 0 radical (unpaired) electrons. The SMILES string of the molecule is O=C(CN(Cc1ccccc1Cl)C(=O)Oc1cc2ccccc2s1)Nc1cccc(F)c1. The molecular formula is C24H18ClFN2O3S. The van der Waals surface area contributed by atoms with Gasteiger partial charge in [-0.1, -0.05) is 65.4 Å². The van der Waals surface area contributed by atoms with Gasteiger partial charge in [0.2, 0.25) is 5.91 Å². The number of halogens is 2. The summed E-state index contributed by atoms with van der Waals surface area (Å²) in [5.41, 5.74) is 0.964. The lowest BCUT2D eigenvalue weighted by molar-refractivity contribution is -0.117. The summed E-state index contributed by atoms with van der Waals surface area (Å²) >= 11 is 7.59. The summed E-state index contributed by atoms with van der Waals surface area (Å²) in [5.74, 6) is -0.962. The average Bonchev–Trinajstić information content (AvgIpc) is 3.17. The predicted octanol–water partition coefficient (Wildman–Crippen LogP) is 6.33. The Morgan fingerprint density at radius 2 is 1.78 bits per heavy atom. The molecule has 1 heterocycles. The van der Waals surface area contributed by atoms with Gasteiger partial charge in [0.05, 0.1) is 6.54 Å². The number of hydrogen-bond acceptors (Lipinski definition) is 4. The van der Waals surface area contributed by atoms with Gasteiger partial charge < -0.3 is 10.1 Å². The van der Waals surface area contributed by atoms with Gasteiger partial charge in [0.15, 0.2) is 5.06 Å². The molecule has 8 heteroatoms. The largest absolute Gasteiger partial charge is 0.416 e. The number of anilines is 1. The van der Waals surface area contributed by atoms with E-state index in [1.54, 1.807) is 36.4 Å². The number of thiophene rings is 1. The zero-order valence-corrected chi connectivity index (χ0v) is 18.3. The molecule has 0 saturated carbocycles. The van der Waals surface area contributed by atoms with Crippen LogP contribution in [0.1, 0.15) is 5.56 Å². The van der Waals surface area contributed by atoms with Crippen molar-refractivity contribution in [3.63, 3.8) is 0 Å².